The fraction of sp³-hybridized carbons (Fsp3) is 0.438. The number of nitrogen functional groups attached to an aromatic ring is 1. The number of hydrogen-bond acceptors (Lipinski definition) is 4. The summed E-state index contributed by atoms with van der Waals surface area (Å²) in [5, 5.41) is 0.822. The Bertz CT molecular complexity index is 650. The summed E-state index contributed by atoms with van der Waals surface area (Å²) in [5.41, 5.74) is 3.53. The average Bonchev–Trinajstić information content (AvgIpc) is 3.10. The molecular weight excluding hydrogens is 266 g/mol. The number of rotatable bonds is 4. The van der Waals surface area contributed by atoms with Crippen LogP contribution in [0.4, 0.5) is 0 Å². The molecule has 0 spiro atoms. The molecule has 21 heavy (non-hydrogen) atoms. The Hall–Kier alpha value is -1.85. The maximum absolute atomic E-state index is 12.1. The second-order valence-electron chi connectivity index (χ2n) is 5.54. The van der Waals surface area contributed by atoms with Crippen LogP contribution in [0.15, 0.2) is 28.7 Å². The van der Waals surface area contributed by atoms with Gasteiger partial charge in [0.25, 0.3) is 5.91 Å². The van der Waals surface area contributed by atoms with E-state index < -0.39 is 0 Å². The van der Waals surface area contributed by atoms with E-state index in [0.717, 1.165) is 23.9 Å². The fourth-order valence-corrected chi connectivity index (χ4v) is 3.28. The maximum atomic E-state index is 12.1. The molecule has 3 rings (SSSR count). The predicted octanol–water partition coefficient (Wildman–Crippen LogP) is 2.41. The first kappa shape index (κ1) is 14.1. The lowest BCUT2D eigenvalue weighted by Crippen LogP contribution is -2.32. The summed E-state index contributed by atoms with van der Waals surface area (Å²) in [6.07, 6.45) is 3.55. The van der Waals surface area contributed by atoms with Crippen molar-refractivity contribution in [3.8, 4) is 0 Å². The van der Waals surface area contributed by atoms with E-state index in [9.17, 15) is 4.79 Å². The van der Waals surface area contributed by atoms with Gasteiger partial charge in [-0.25, -0.2) is 5.84 Å². The SMILES string of the molecule is CCC1CCCN1Cc1oc2ccccc2c1C(=O)NN. The van der Waals surface area contributed by atoms with Crippen molar-refractivity contribution in [2.45, 2.75) is 38.8 Å². The van der Waals surface area contributed by atoms with Gasteiger partial charge in [-0.1, -0.05) is 25.1 Å². The summed E-state index contributed by atoms with van der Waals surface area (Å²) in [5.74, 6) is 5.75. The maximum Gasteiger partial charge on any atom is 0.269 e. The summed E-state index contributed by atoms with van der Waals surface area (Å²) < 4.78 is 5.92. The smallest absolute Gasteiger partial charge is 0.269 e. The van der Waals surface area contributed by atoms with Crippen LogP contribution in [0.3, 0.4) is 0 Å². The molecule has 1 aliphatic heterocycles. The van der Waals surface area contributed by atoms with Gasteiger partial charge in [0.2, 0.25) is 0 Å². The Morgan fingerprint density at radius 1 is 1.48 bits per heavy atom. The summed E-state index contributed by atoms with van der Waals surface area (Å²) in [6.45, 7) is 3.92. The molecule has 1 aromatic heterocycles. The van der Waals surface area contributed by atoms with Crippen LogP contribution in [0.25, 0.3) is 11.0 Å². The first-order valence-corrected chi connectivity index (χ1v) is 7.50. The highest BCUT2D eigenvalue weighted by Crippen LogP contribution is 2.29. The quantitative estimate of drug-likeness (QED) is 0.514. The van der Waals surface area contributed by atoms with E-state index in [1.807, 2.05) is 24.3 Å². The van der Waals surface area contributed by atoms with Gasteiger partial charge in [0.05, 0.1) is 12.1 Å². The average molecular weight is 287 g/mol. The number of benzene rings is 1. The van der Waals surface area contributed by atoms with E-state index in [2.05, 4.69) is 17.2 Å². The molecule has 1 aliphatic rings. The molecule has 0 saturated carbocycles. The number of para-hydroxylation sites is 1. The zero-order valence-corrected chi connectivity index (χ0v) is 12.3. The Balaban J connectivity index is 1.99. The first-order chi connectivity index (χ1) is 10.2. The Morgan fingerprint density at radius 3 is 3.05 bits per heavy atom. The van der Waals surface area contributed by atoms with Crippen LogP contribution in [0.5, 0.6) is 0 Å². The van der Waals surface area contributed by atoms with E-state index in [4.69, 9.17) is 10.3 Å². The molecule has 0 aliphatic carbocycles. The number of amides is 1. The third kappa shape index (κ3) is 2.54. The number of hydrazine groups is 1. The number of likely N-dealkylation sites (tertiary alicyclic amines) is 1. The van der Waals surface area contributed by atoms with Crippen molar-refractivity contribution < 1.29 is 9.21 Å². The topological polar surface area (TPSA) is 71.5 Å². The zero-order chi connectivity index (χ0) is 14.8. The molecule has 1 unspecified atom stereocenters. The van der Waals surface area contributed by atoms with Crippen LogP contribution in [-0.4, -0.2) is 23.4 Å². The highest BCUT2D eigenvalue weighted by molar-refractivity contribution is 6.07. The van der Waals surface area contributed by atoms with Crippen molar-refractivity contribution in [2.24, 2.45) is 5.84 Å². The van der Waals surface area contributed by atoms with Gasteiger partial charge >= 0.3 is 0 Å². The molecule has 1 aromatic carbocycles. The zero-order valence-electron chi connectivity index (χ0n) is 12.3. The van der Waals surface area contributed by atoms with Gasteiger partial charge in [-0.15, -0.1) is 0 Å². The Morgan fingerprint density at radius 2 is 2.29 bits per heavy atom. The molecule has 112 valence electrons. The molecule has 2 aromatic rings. The Kier molecular flexibility index (Phi) is 3.94. The van der Waals surface area contributed by atoms with Gasteiger partial charge in [0, 0.05) is 11.4 Å². The molecule has 0 bridgehead atoms. The van der Waals surface area contributed by atoms with Crippen molar-refractivity contribution in [1.29, 1.82) is 0 Å². The second-order valence-corrected chi connectivity index (χ2v) is 5.54. The highest BCUT2D eigenvalue weighted by Gasteiger charge is 2.27. The molecule has 1 saturated heterocycles. The fourth-order valence-electron chi connectivity index (χ4n) is 3.28. The number of fused-ring (bicyclic) bond motifs is 1. The third-order valence-electron chi connectivity index (χ3n) is 4.34. The third-order valence-corrected chi connectivity index (χ3v) is 4.34. The second kappa shape index (κ2) is 5.87. The first-order valence-electron chi connectivity index (χ1n) is 7.50. The summed E-state index contributed by atoms with van der Waals surface area (Å²) in [6, 6.07) is 8.16. The molecule has 3 N–H and O–H groups in total. The standard InChI is InChI=1S/C16H21N3O2/c1-2-11-6-5-9-19(11)10-14-15(16(20)18-17)12-7-3-4-8-13(12)21-14/h3-4,7-8,11H,2,5-6,9-10,17H2,1H3,(H,18,20). The molecule has 1 atom stereocenters. The summed E-state index contributed by atoms with van der Waals surface area (Å²) in [4.78, 5) is 14.5. The van der Waals surface area contributed by atoms with E-state index in [1.54, 1.807) is 0 Å². The molecular formula is C16H21N3O2. The van der Waals surface area contributed by atoms with Crippen molar-refractivity contribution in [3.63, 3.8) is 0 Å². The number of nitrogens with one attached hydrogen (secondary N) is 1. The van der Waals surface area contributed by atoms with Gasteiger partial charge in [-0.05, 0) is 31.9 Å². The van der Waals surface area contributed by atoms with Crippen molar-refractivity contribution in [3.05, 3.63) is 35.6 Å². The summed E-state index contributed by atoms with van der Waals surface area (Å²) >= 11 is 0. The van der Waals surface area contributed by atoms with E-state index in [1.165, 1.54) is 12.8 Å². The molecule has 1 amide bonds. The minimum Gasteiger partial charge on any atom is -0.459 e. The van der Waals surface area contributed by atoms with Gasteiger partial charge in [-0.3, -0.25) is 15.1 Å². The number of furan rings is 1. The summed E-state index contributed by atoms with van der Waals surface area (Å²) in [7, 11) is 0. The van der Waals surface area contributed by atoms with E-state index in [0.29, 0.717) is 23.9 Å². The molecule has 0 radical (unpaired) electrons. The number of carbonyl (C=O) groups excluding carboxylic acids is 1. The van der Waals surface area contributed by atoms with Crippen molar-refractivity contribution in [2.75, 3.05) is 6.54 Å². The van der Waals surface area contributed by atoms with Crippen molar-refractivity contribution in [1.82, 2.24) is 10.3 Å². The number of nitrogens with two attached hydrogens (primary N) is 1. The lowest BCUT2D eigenvalue weighted by Gasteiger charge is -2.22. The van der Waals surface area contributed by atoms with Gasteiger partial charge < -0.3 is 4.42 Å². The number of nitrogens with zero attached hydrogens (tertiary/aromatic N) is 1. The van der Waals surface area contributed by atoms with E-state index >= 15 is 0 Å². The highest BCUT2D eigenvalue weighted by atomic mass is 16.3. The molecule has 5 heteroatoms. The lowest BCUT2D eigenvalue weighted by atomic mass is 10.1. The number of hydrogen-bond donors (Lipinski definition) is 2. The van der Waals surface area contributed by atoms with Crippen LogP contribution in [0.2, 0.25) is 0 Å². The van der Waals surface area contributed by atoms with Crippen LogP contribution in [0, 0.1) is 0 Å². The van der Waals surface area contributed by atoms with E-state index in [-0.39, 0.29) is 5.91 Å². The van der Waals surface area contributed by atoms with Crippen LogP contribution < -0.4 is 11.3 Å². The lowest BCUT2D eigenvalue weighted by molar-refractivity contribution is 0.0950. The van der Waals surface area contributed by atoms with Crippen LogP contribution in [-0.2, 0) is 6.54 Å². The van der Waals surface area contributed by atoms with Gasteiger partial charge in [0.15, 0.2) is 0 Å². The predicted molar refractivity (Wildman–Crippen MR) is 81.6 cm³/mol. The molecule has 1 fully saturated rings. The normalized spacial score (nSPS) is 19.2. The minimum absolute atomic E-state index is 0.290. The number of carbonyl (C=O) groups is 1. The molecule has 2 heterocycles. The Labute approximate surface area is 124 Å². The largest absolute Gasteiger partial charge is 0.459 e. The monoisotopic (exact) mass is 287 g/mol. The van der Waals surface area contributed by atoms with Crippen molar-refractivity contribution >= 4 is 16.9 Å². The van der Waals surface area contributed by atoms with Crippen LogP contribution >= 0.6 is 0 Å². The minimum atomic E-state index is -0.290. The van der Waals surface area contributed by atoms with Crippen LogP contribution in [0.1, 0.15) is 42.3 Å². The molecule has 5 nitrogen and oxygen atoms in total. The van der Waals surface area contributed by atoms with Gasteiger partial charge in [0.1, 0.15) is 11.3 Å². The van der Waals surface area contributed by atoms with Gasteiger partial charge in [-0.2, -0.15) is 0 Å².